The van der Waals surface area contributed by atoms with Gasteiger partial charge in [-0.25, -0.2) is 0 Å². The minimum atomic E-state index is -3.32. The van der Waals surface area contributed by atoms with Gasteiger partial charge in [-0.2, -0.15) is 13.2 Å². The Kier molecular flexibility index (Phi) is 2.00. The third kappa shape index (κ3) is 1.58. The van der Waals surface area contributed by atoms with Crippen LogP contribution in [0.25, 0.3) is 0 Å². The molecule has 0 saturated heterocycles. The highest BCUT2D eigenvalue weighted by Crippen LogP contribution is 2.34. The smallest absolute Gasteiger partial charge is 0.299 e. The number of nitrogens with one attached hydrogen (secondary N) is 1. The van der Waals surface area contributed by atoms with Gasteiger partial charge in [-0.3, -0.25) is 5.32 Å². The van der Waals surface area contributed by atoms with Crippen molar-refractivity contribution in [3.8, 4) is 0 Å². The first-order chi connectivity index (χ1) is 4.93. The summed E-state index contributed by atoms with van der Waals surface area (Å²) in [6.45, 7) is 1.40. The van der Waals surface area contributed by atoms with Crippen molar-refractivity contribution in [2.45, 2.75) is 13.0 Å². The van der Waals surface area contributed by atoms with E-state index in [1.54, 1.807) is 0 Å². The second-order valence-electron chi connectivity index (χ2n) is 2.19. The Bertz CT molecular complexity index is 244. The van der Waals surface area contributed by atoms with Crippen molar-refractivity contribution in [1.82, 2.24) is 5.32 Å². The van der Waals surface area contributed by atoms with Crippen molar-refractivity contribution < 1.29 is 13.2 Å². The lowest BCUT2D eigenvalue weighted by Crippen LogP contribution is -2.37. The zero-order valence-electron chi connectivity index (χ0n) is 5.59. The number of hydrogen-bond donors (Lipinski definition) is 1. The van der Waals surface area contributed by atoms with E-state index >= 15 is 0 Å². The van der Waals surface area contributed by atoms with E-state index in [2.05, 4.69) is 15.9 Å². The summed E-state index contributed by atoms with van der Waals surface area (Å²) in [4.78, 5) is 0. The molecule has 1 N–H and O–H groups in total. The Balaban J connectivity index is 3.07. The summed E-state index contributed by atoms with van der Waals surface area (Å²) >= 11 is 2.66. The Morgan fingerprint density at radius 3 is 2.55 bits per heavy atom. The Labute approximate surface area is 70.1 Å². The molecule has 0 fully saturated rings. The van der Waals surface area contributed by atoms with Gasteiger partial charge in [0.2, 0.25) is 0 Å². The van der Waals surface area contributed by atoms with Gasteiger partial charge in [0.1, 0.15) is 0 Å². The van der Waals surface area contributed by atoms with Gasteiger partial charge in [0, 0.05) is 0 Å². The zero-order chi connectivity index (χ0) is 8.65. The summed E-state index contributed by atoms with van der Waals surface area (Å²) in [6.07, 6.45) is 1.00. The largest absolute Gasteiger partial charge is 0.358 e. The molecule has 11 heavy (non-hydrogen) atoms. The standard InChI is InChI=1S/C6H5BrF3N/c1-3-2-4(8)11-6(9,10)5(3)7/h2,11H,1H3. The molecule has 1 nitrogen and oxygen atoms in total. The number of alkyl halides is 2. The number of dihydropyridines is 1. The first kappa shape index (κ1) is 8.64. The number of halogens is 4. The maximum Gasteiger partial charge on any atom is 0.358 e. The molecule has 0 aromatic carbocycles. The molecule has 1 rings (SSSR count). The summed E-state index contributed by atoms with van der Waals surface area (Å²) in [5, 5.41) is 1.39. The van der Waals surface area contributed by atoms with Gasteiger partial charge in [0.25, 0.3) is 0 Å². The third-order valence-corrected chi connectivity index (χ3v) is 2.36. The van der Waals surface area contributed by atoms with E-state index in [1.807, 2.05) is 0 Å². The van der Waals surface area contributed by atoms with Crippen LogP contribution in [-0.2, 0) is 0 Å². The van der Waals surface area contributed by atoms with Crippen LogP contribution >= 0.6 is 15.9 Å². The zero-order valence-corrected chi connectivity index (χ0v) is 7.18. The monoisotopic (exact) mass is 227 g/mol. The maximum absolute atomic E-state index is 12.6. The molecular formula is C6H5BrF3N. The van der Waals surface area contributed by atoms with Crippen LogP contribution in [0.1, 0.15) is 6.92 Å². The second kappa shape index (κ2) is 2.55. The molecule has 0 radical (unpaired) electrons. The van der Waals surface area contributed by atoms with Gasteiger partial charge < -0.3 is 0 Å². The molecule has 0 spiro atoms. The maximum atomic E-state index is 12.6. The van der Waals surface area contributed by atoms with Crippen LogP contribution in [0.2, 0.25) is 0 Å². The molecule has 0 bridgehead atoms. The summed E-state index contributed by atoms with van der Waals surface area (Å²) in [6, 6.07) is -3.32. The van der Waals surface area contributed by atoms with E-state index in [0.29, 0.717) is 0 Å². The lowest BCUT2D eigenvalue weighted by atomic mass is 10.2. The van der Waals surface area contributed by atoms with Crippen LogP contribution in [0.5, 0.6) is 0 Å². The fraction of sp³-hybridized carbons (Fsp3) is 0.333. The summed E-state index contributed by atoms with van der Waals surface area (Å²) in [5.74, 6) is -1.02. The van der Waals surface area contributed by atoms with E-state index in [-0.39, 0.29) is 10.1 Å². The lowest BCUT2D eigenvalue weighted by molar-refractivity contribution is 0.0148. The summed E-state index contributed by atoms with van der Waals surface area (Å²) in [7, 11) is 0. The molecule has 0 aliphatic carbocycles. The van der Waals surface area contributed by atoms with Crippen LogP contribution in [-0.4, -0.2) is 6.05 Å². The van der Waals surface area contributed by atoms with E-state index in [9.17, 15) is 13.2 Å². The average molecular weight is 228 g/mol. The van der Waals surface area contributed by atoms with E-state index in [4.69, 9.17) is 0 Å². The van der Waals surface area contributed by atoms with Crippen molar-refractivity contribution in [3.05, 3.63) is 22.1 Å². The molecule has 1 aliphatic rings. The highest BCUT2D eigenvalue weighted by atomic mass is 79.9. The Hall–Kier alpha value is -0.450. The molecule has 1 aliphatic heterocycles. The lowest BCUT2D eigenvalue weighted by Gasteiger charge is -2.22. The normalized spacial score (nSPS) is 22.8. The molecule has 5 heteroatoms. The van der Waals surface area contributed by atoms with Crippen molar-refractivity contribution >= 4 is 15.9 Å². The minimum absolute atomic E-state index is 0.186. The molecular weight excluding hydrogens is 223 g/mol. The fourth-order valence-corrected chi connectivity index (χ4v) is 0.956. The number of allylic oxidation sites excluding steroid dienone is 2. The van der Waals surface area contributed by atoms with Gasteiger partial charge in [0.05, 0.1) is 4.48 Å². The fourth-order valence-electron chi connectivity index (χ4n) is 0.742. The first-order valence-corrected chi connectivity index (χ1v) is 3.63. The van der Waals surface area contributed by atoms with Crippen molar-refractivity contribution in [1.29, 1.82) is 0 Å². The third-order valence-electron chi connectivity index (χ3n) is 1.24. The van der Waals surface area contributed by atoms with Gasteiger partial charge in [-0.05, 0) is 34.5 Å². The molecule has 0 saturated carbocycles. The number of hydrogen-bond acceptors (Lipinski definition) is 1. The Morgan fingerprint density at radius 2 is 2.09 bits per heavy atom. The topological polar surface area (TPSA) is 12.0 Å². The number of rotatable bonds is 0. The van der Waals surface area contributed by atoms with Gasteiger partial charge in [-0.15, -0.1) is 0 Å². The van der Waals surface area contributed by atoms with Crippen molar-refractivity contribution in [3.63, 3.8) is 0 Å². The molecule has 0 amide bonds. The quantitative estimate of drug-likeness (QED) is 0.628. The van der Waals surface area contributed by atoms with Crippen LogP contribution in [0, 0.1) is 0 Å². The molecule has 1 heterocycles. The minimum Gasteiger partial charge on any atom is -0.299 e. The average Bonchev–Trinajstić information content (AvgIpc) is 1.81. The second-order valence-corrected chi connectivity index (χ2v) is 2.98. The summed E-state index contributed by atoms with van der Waals surface area (Å²) in [5.41, 5.74) is 0.186. The van der Waals surface area contributed by atoms with Crippen LogP contribution in [0.15, 0.2) is 22.1 Å². The molecule has 0 aromatic heterocycles. The SMILES string of the molecule is CC1=C(Br)C(F)(F)NC(F)=C1. The Morgan fingerprint density at radius 1 is 1.55 bits per heavy atom. The molecule has 0 atom stereocenters. The molecule has 0 unspecified atom stereocenters. The van der Waals surface area contributed by atoms with Gasteiger partial charge in [0.15, 0.2) is 5.95 Å². The van der Waals surface area contributed by atoms with Gasteiger partial charge >= 0.3 is 6.05 Å². The highest BCUT2D eigenvalue weighted by Gasteiger charge is 2.37. The van der Waals surface area contributed by atoms with Crippen LogP contribution in [0.3, 0.4) is 0 Å². The summed E-state index contributed by atoms with van der Waals surface area (Å²) < 4.78 is 37.2. The van der Waals surface area contributed by atoms with Crippen molar-refractivity contribution in [2.75, 3.05) is 0 Å². The highest BCUT2D eigenvalue weighted by molar-refractivity contribution is 9.11. The predicted octanol–water partition coefficient (Wildman–Crippen LogP) is 2.66. The van der Waals surface area contributed by atoms with E-state index in [1.165, 1.54) is 12.2 Å². The van der Waals surface area contributed by atoms with Crippen LogP contribution < -0.4 is 5.32 Å². The van der Waals surface area contributed by atoms with Crippen molar-refractivity contribution in [2.24, 2.45) is 0 Å². The van der Waals surface area contributed by atoms with Gasteiger partial charge in [-0.1, -0.05) is 0 Å². The molecule has 0 aromatic rings. The predicted molar refractivity (Wildman–Crippen MR) is 38.9 cm³/mol. The molecule has 62 valence electrons. The van der Waals surface area contributed by atoms with Crippen LogP contribution in [0.4, 0.5) is 13.2 Å². The first-order valence-electron chi connectivity index (χ1n) is 2.83. The van der Waals surface area contributed by atoms with E-state index in [0.717, 1.165) is 6.08 Å². The van der Waals surface area contributed by atoms with E-state index < -0.39 is 12.0 Å².